The lowest BCUT2D eigenvalue weighted by molar-refractivity contribution is -0.126. The maximum absolute atomic E-state index is 12.3. The summed E-state index contributed by atoms with van der Waals surface area (Å²) in [6.07, 6.45) is 1.77. The molecule has 0 aromatic heterocycles. The van der Waals surface area contributed by atoms with Crippen molar-refractivity contribution in [3.63, 3.8) is 0 Å². The minimum Gasteiger partial charge on any atom is -0.493 e. The van der Waals surface area contributed by atoms with E-state index < -0.39 is 0 Å². The lowest BCUT2D eigenvalue weighted by Crippen LogP contribution is -2.40. The average Bonchev–Trinajstić information content (AvgIpc) is 2.85. The maximum Gasteiger partial charge on any atom is 0.225 e. The summed E-state index contributed by atoms with van der Waals surface area (Å²) in [7, 11) is 0. The van der Waals surface area contributed by atoms with Crippen LogP contribution in [-0.2, 0) is 4.79 Å². The molecular formula is C15H20N2O2. The Kier molecular flexibility index (Phi) is 3.42. The number of hydrogen-bond donors (Lipinski definition) is 2. The molecule has 3 unspecified atom stereocenters. The third kappa shape index (κ3) is 2.45. The Morgan fingerprint density at radius 2 is 2.21 bits per heavy atom. The third-order valence-corrected chi connectivity index (χ3v) is 4.14. The van der Waals surface area contributed by atoms with Gasteiger partial charge in [-0.1, -0.05) is 18.2 Å². The highest BCUT2D eigenvalue weighted by atomic mass is 16.5. The van der Waals surface area contributed by atoms with Crippen molar-refractivity contribution in [2.75, 3.05) is 13.2 Å². The van der Waals surface area contributed by atoms with E-state index in [2.05, 4.69) is 17.6 Å². The Hall–Kier alpha value is -1.55. The van der Waals surface area contributed by atoms with Crippen molar-refractivity contribution in [3.05, 3.63) is 29.8 Å². The smallest absolute Gasteiger partial charge is 0.225 e. The van der Waals surface area contributed by atoms with Crippen LogP contribution in [0.15, 0.2) is 24.3 Å². The number of carbonyl (C=O) groups excluding carboxylic acids is 1. The fourth-order valence-electron chi connectivity index (χ4n) is 2.99. The average molecular weight is 260 g/mol. The molecule has 3 rings (SSSR count). The van der Waals surface area contributed by atoms with Crippen LogP contribution in [0.25, 0.3) is 0 Å². The second kappa shape index (κ2) is 5.21. The molecule has 19 heavy (non-hydrogen) atoms. The zero-order valence-electron chi connectivity index (χ0n) is 11.2. The third-order valence-electron chi connectivity index (χ3n) is 4.14. The van der Waals surface area contributed by atoms with Gasteiger partial charge in [-0.15, -0.1) is 0 Å². The van der Waals surface area contributed by atoms with Gasteiger partial charge in [0.05, 0.1) is 18.6 Å². The van der Waals surface area contributed by atoms with Gasteiger partial charge in [-0.3, -0.25) is 4.79 Å². The number of hydrogen-bond acceptors (Lipinski definition) is 3. The summed E-state index contributed by atoms with van der Waals surface area (Å²) in [5.41, 5.74) is 1.10. The van der Waals surface area contributed by atoms with Crippen molar-refractivity contribution in [3.8, 4) is 5.75 Å². The Bertz CT molecular complexity index is 475. The Morgan fingerprint density at radius 1 is 1.37 bits per heavy atom. The second-order valence-corrected chi connectivity index (χ2v) is 5.37. The largest absolute Gasteiger partial charge is 0.493 e. The first-order valence-electron chi connectivity index (χ1n) is 7.01. The monoisotopic (exact) mass is 260 g/mol. The van der Waals surface area contributed by atoms with Gasteiger partial charge in [0.25, 0.3) is 0 Å². The maximum atomic E-state index is 12.3. The van der Waals surface area contributed by atoms with Crippen LogP contribution in [0.2, 0.25) is 0 Å². The Labute approximate surface area is 113 Å². The molecular weight excluding hydrogens is 240 g/mol. The summed E-state index contributed by atoms with van der Waals surface area (Å²) in [5, 5.41) is 6.51. The molecule has 0 radical (unpaired) electrons. The van der Waals surface area contributed by atoms with E-state index in [0.29, 0.717) is 6.61 Å². The number of para-hydroxylation sites is 1. The van der Waals surface area contributed by atoms with Crippen molar-refractivity contribution in [2.24, 2.45) is 5.92 Å². The number of amides is 1. The van der Waals surface area contributed by atoms with E-state index in [-0.39, 0.29) is 23.9 Å². The minimum absolute atomic E-state index is 0.0882. The first-order chi connectivity index (χ1) is 9.25. The normalized spacial score (nSPS) is 29.4. The predicted molar refractivity (Wildman–Crippen MR) is 73.0 cm³/mol. The fourth-order valence-corrected chi connectivity index (χ4v) is 2.99. The summed E-state index contributed by atoms with van der Waals surface area (Å²) in [6, 6.07) is 8.32. The number of carbonyl (C=O) groups is 1. The molecule has 1 amide bonds. The number of nitrogens with one attached hydrogen (secondary N) is 2. The van der Waals surface area contributed by atoms with E-state index in [1.54, 1.807) is 0 Å². The zero-order valence-corrected chi connectivity index (χ0v) is 11.2. The van der Waals surface area contributed by atoms with Crippen LogP contribution in [0, 0.1) is 5.92 Å². The fraction of sp³-hybridized carbons (Fsp3) is 0.533. The van der Waals surface area contributed by atoms with Gasteiger partial charge >= 0.3 is 0 Å². The van der Waals surface area contributed by atoms with Crippen LogP contribution in [0.1, 0.15) is 31.4 Å². The van der Waals surface area contributed by atoms with E-state index in [9.17, 15) is 4.79 Å². The van der Waals surface area contributed by atoms with Crippen LogP contribution in [0.4, 0.5) is 0 Å². The second-order valence-electron chi connectivity index (χ2n) is 5.37. The molecule has 0 saturated carbocycles. The van der Waals surface area contributed by atoms with E-state index >= 15 is 0 Å². The van der Waals surface area contributed by atoms with Crippen LogP contribution in [0.3, 0.4) is 0 Å². The van der Waals surface area contributed by atoms with Gasteiger partial charge in [-0.2, -0.15) is 0 Å². The van der Waals surface area contributed by atoms with Crippen LogP contribution >= 0.6 is 0 Å². The van der Waals surface area contributed by atoms with Gasteiger partial charge in [0.15, 0.2) is 0 Å². The van der Waals surface area contributed by atoms with E-state index in [4.69, 9.17) is 4.74 Å². The van der Waals surface area contributed by atoms with Crippen molar-refractivity contribution < 1.29 is 9.53 Å². The summed E-state index contributed by atoms with van der Waals surface area (Å²) >= 11 is 0. The van der Waals surface area contributed by atoms with Crippen LogP contribution in [0.5, 0.6) is 5.75 Å². The molecule has 2 aliphatic rings. The molecule has 0 spiro atoms. The topological polar surface area (TPSA) is 50.4 Å². The summed E-state index contributed by atoms with van der Waals surface area (Å²) in [4.78, 5) is 12.3. The molecule has 0 aliphatic carbocycles. The van der Waals surface area contributed by atoms with Gasteiger partial charge < -0.3 is 15.4 Å². The van der Waals surface area contributed by atoms with E-state index in [1.165, 1.54) is 0 Å². The van der Waals surface area contributed by atoms with Gasteiger partial charge in [-0.25, -0.2) is 0 Å². The summed E-state index contributed by atoms with van der Waals surface area (Å²) in [5.74, 6) is 1.16. The highest BCUT2D eigenvalue weighted by molar-refractivity contribution is 5.80. The first-order valence-corrected chi connectivity index (χ1v) is 7.01. The van der Waals surface area contributed by atoms with E-state index in [1.807, 2.05) is 24.3 Å². The first kappa shape index (κ1) is 12.5. The number of ether oxygens (including phenoxy) is 1. The Morgan fingerprint density at radius 3 is 3.00 bits per heavy atom. The molecule has 2 heterocycles. The molecule has 2 N–H and O–H groups in total. The molecule has 1 aromatic rings. The molecule has 0 bridgehead atoms. The highest BCUT2D eigenvalue weighted by Crippen LogP contribution is 2.32. The number of fused-ring (bicyclic) bond motifs is 1. The number of rotatable bonds is 2. The minimum atomic E-state index is 0.0882. The Balaban J connectivity index is 1.72. The van der Waals surface area contributed by atoms with Crippen molar-refractivity contribution in [1.82, 2.24) is 10.6 Å². The number of benzene rings is 1. The molecule has 102 valence electrons. The van der Waals surface area contributed by atoms with Crippen molar-refractivity contribution >= 4 is 5.91 Å². The van der Waals surface area contributed by atoms with Gasteiger partial charge in [0.2, 0.25) is 5.91 Å². The zero-order chi connectivity index (χ0) is 13.2. The standard InChI is InChI=1S/C15H20N2O2/c1-10-11(6-8-16-10)15(18)17-13-7-9-19-14-5-3-2-4-12(13)14/h2-5,10-11,13,16H,6-9H2,1H3,(H,17,18). The predicted octanol–water partition coefficient (Wildman–Crippen LogP) is 1.62. The highest BCUT2D eigenvalue weighted by Gasteiger charge is 2.32. The van der Waals surface area contributed by atoms with Gasteiger partial charge in [0, 0.05) is 18.0 Å². The lowest BCUT2D eigenvalue weighted by Gasteiger charge is -2.28. The molecule has 1 saturated heterocycles. The van der Waals surface area contributed by atoms with E-state index in [0.717, 1.165) is 30.7 Å². The van der Waals surface area contributed by atoms with Gasteiger partial charge in [0.1, 0.15) is 5.75 Å². The molecule has 2 aliphatic heterocycles. The van der Waals surface area contributed by atoms with Crippen LogP contribution < -0.4 is 15.4 Å². The SMILES string of the molecule is CC1NCCC1C(=O)NC1CCOc2ccccc21. The van der Waals surface area contributed by atoms with Crippen molar-refractivity contribution in [2.45, 2.75) is 31.8 Å². The van der Waals surface area contributed by atoms with Crippen LogP contribution in [-0.4, -0.2) is 25.1 Å². The summed E-state index contributed by atoms with van der Waals surface area (Å²) < 4.78 is 5.62. The molecule has 1 fully saturated rings. The molecule has 4 nitrogen and oxygen atoms in total. The quantitative estimate of drug-likeness (QED) is 0.849. The van der Waals surface area contributed by atoms with Gasteiger partial charge in [-0.05, 0) is 26.0 Å². The lowest BCUT2D eigenvalue weighted by atomic mass is 9.97. The molecule has 4 heteroatoms. The van der Waals surface area contributed by atoms with Crippen molar-refractivity contribution in [1.29, 1.82) is 0 Å². The molecule has 3 atom stereocenters. The summed E-state index contributed by atoms with van der Waals surface area (Å²) in [6.45, 7) is 3.68. The molecule has 1 aromatic carbocycles.